The van der Waals surface area contributed by atoms with Crippen molar-refractivity contribution in [2.24, 2.45) is 5.92 Å². The van der Waals surface area contributed by atoms with E-state index in [9.17, 15) is 18.0 Å². The third kappa shape index (κ3) is 3.37. The minimum atomic E-state index is -4.24. The molecule has 0 aromatic carbocycles. The Balaban J connectivity index is 2.85. The minimum Gasteiger partial charge on any atom is -0.468 e. The SMILES string of the molecule is CCCNC1(C(=O)OC)CCCC(C(F)(F)F)C1. The summed E-state index contributed by atoms with van der Waals surface area (Å²) in [5.74, 6) is -2.00. The van der Waals surface area contributed by atoms with Crippen molar-refractivity contribution in [3.05, 3.63) is 0 Å². The lowest BCUT2D eigenvalue weighted by Crippen LogP contribution is -2.57. The second-order valence-electron chi connectivity index (χ2n) is 4.84. The summed E-state index contributed by atoms with van der Waals surface area (Å²) in [4.78, 5) is 11.8. The van der Waals surface area contributed by atoms with Gasteiger partial charge in [0.05, 0.1) is 13.0 Å². The van der Waals surface area contributed by atoms with Crippen LogP contribution in [0.5, 0.6) is 0 Å². The molecule has 2 unspecified atom stereocenters. The van der Waals surface area contributed by atoms with Crippen molar-refractivity contribution in [1.82, 2.24) is 5.32 Å². The molecule has 0 spiro atoms. The van der Waals surface area contributed by atoms with Crippen molar-refractivity contribution in [3.63, 3.8) is 0 Å². The highest BCUT2D eigenvalue weighted by Crippen LogP contribution is 2.42. The number of carbonyl (C=O) groups excluding carboxylic acids is 1. The van der Waals surface area contributed by atoms with Gasteiger partial charge in [0.25, 0.3) is 0 Å². The van der Waals surface area contributed by atoms with E-state index in [1.807, 2.05) is 6.92 Å². The van der Waals surface area contributed by atoms with E-state index in [1.54, 1.807) is 0 Å². The number of hydrogen-bond donors (Lipinski definition) is 1. The number of ether oxygens (including phenoxy) is 1. The number of carbonyl (C=O) groups is 1. The van der Waals surface area contributed by atoms with Gasteiger partial charge in [0.1, 0.15) is 5.54 Å². The van der Waals surface area contributed by atoms with Crippen LogP contribution in [0.15, 0.2) is 0 Å². The second kappa shape index (κ2) is 5.91. The van der Waals surface area contributed by atoms with Crippen LogP contribution in [0, 0.1) is 5.92 Å². The Morgan fingerprint density at radius 3 is 2.67 bits per heavy atom. The number of methoxy groups -OCH3 is 1. The lowest BCUT2D eigenvalue weighted by molar-refractivity contribution is -0.192. The Morgan fingerprint density at radius 2 is 2.17 bits per heavy atom. The van der Waals surface area contributed by atoms with Crippen molar-refractivity contribution in [1.29, 1.82) is 0 Å². The number of rotatable bonds is 4. The lowest BCUT2D eigenvalue weighted by Gasteiger charge is -2.39. The number of esters is 1. The van der Waals surface area contributed by atoms with E-state index in [0.29, 0.717) is 19.4 Å². The van der Waals surface area contributed by atoms with Gasteiger partial charge in [-0.25, -0.2) is 0 Å². The van der Waals surface area contributed by atoms with Crippen LogP contribution in [0.1, 0.15) is 39.0 Å². The largest absolute Gasteiger partial charge is 0.468 e. The van der Waals surface area contributed by atoms with E-state index < -0.39 is 23.6 Å². The minimum absolute atomic E-state index is 0.0933. The average molecular weight is 267 g/mol. The van der Waals surface area contributed by atoms with Crippen LogP contribution in [0.4, 0.5) is 13.2 Å². The van der Waals surface area contributed by atoms with Crippen molar-refractivity contribution >= 4 is 5.97 Å². The first-order chi connectivity index (χ1) is 8.35. The Kier molecular flexibility index (Phi) is 5.01. The van der Waals surface area contributed by atoms with Gasteiger partial charge in [-0.15, -0.1) is 0 Å². The van der Waals surface area contributed by atoms with Crippen LogP contribution in [0.3, 0.4) is 0 Å². The molecular formula is C12H20F3NO2. The topological polar surface area (TPSA) is 38.3 Å². The average Bonchev–Trinajstić information content (AvgIpc) is 2.34. The van der Waals surface area contributed by atoms with Gasteiger partial charge < -0.3 is 10.1 Å². The van der Waals surface area contributed by atoms with E-state index >= 15 is 0 Å². The molecule has 1 saturated carbocycles. The molecule has 18 heavy (non-hydrogen) atoms. The maximum Gasteiger partial charge on any atom is 0.391 e. The fourth-order valence-electron chi connectivity index (χ4n) is 2.53. The molecule has 0 aromatic rings. The van der Waals surface area contributed by atoms with Gasteiger partial charge in [0.15, 0.2) is 0 Å². The fraction of sp³-hybridized carbons (Fsp3) is 0.917. The monoisotopic (exact) mass is 267 g/mol. The highest BCUT2D eigenvalue weighted by molar-refractivity contribution is 5.81. The number of alkyl halides is 3. The summed E-state index contributed by atoms with van der Waals surface area (Å²) in [5.41, 5.74) is -1.16. The van der Waals surface area contributed by atoms with Gasteiger partial charge in [-0.1, -0.05) is 13.3 Å². The number of halogens is 3. The standard InChI is InChI=1S/C12H20F3NO2/c1-3-7-16-11(10(17)18-2)6-4-5-9(8-11)12(13,14)15/h9,16H,3-8H2,1-2H3. The summed E-state index contributed by atoms with van der Waals surface area (Å²) >= 11 is 0. The molecule has 1 aliphatic carbocycles. The first-order valence-corrected chi connectivity index (χ1v) is 6.26. The van der Waals surface area contributed by atoms with Crippen LogP contribution in [-0.2, 0) is 9.53 Å². The van der Waals surface area contributed by atoms with Crippen LogP contribution in [0.2, 0.25) is 0 Å². The molecule has 1 aliphatic rings. The fourth-order valence-corrected chi connectivity index (χ4v) is 2.53. The van der Waals surface area contributed by atoms with Crippen LogP contribution in [0.25, 0.3) is 0 Å². The molecule has 3 nitrogen and oxygen atoms in total. The predicted molar refractivity (Wildman–Crippen MR) is 61.1 cm³/mol. The van der Waals surface area contributed by atoms with Crippen molar-refractivity contribution in [2.45, 2.75) is 50.7 Å². The van der Waals surface area contributed by atoms with Crippen molar-refractivity contribution < 1.29 is 22.7 Å². The third-order valence-corrected chi connectivity index (χ3v) is 3.50. The second-order valence-corrected chi connectivity index (χ2v) is 4.84. The zero-order chi connectivity index (χ0) is 13.8. The van der Waals surface area contributed by atoms with Crippen molar-refractivity contribution in [2.75, 3.05) is 13.7 Å². The summed E-state index contributed by atoms with van der Waals surface area (Å²) in [6, 6.07) is 0. The highest BCUT2D eigenvalue weighted by Gasteiger charge is 2.51. The molecule has 106 valence electrons. The molecule has 0 saturated heterocycles. The molecular weight excluding hydrogens is 247 g/mol. The maximum absolute atomic E-state index is 12.8. The van der Waals surface area contributed by atoms with E-state index in [2.05, 4.69) is 10.1 Å². The van der Waals surface area contributed by atoms with Gasteiger partial charge in [0, 0.05) is 0 Å². The molecule has 1 N–H and O–H groups in total. The molecule has 1 fully saturated rings. The quantitative estimate of drug-likeness (QED) is 0.796. The van der Waals surface area contributed by atoms with Crippen LogP contribution >= 0.6 is 0 Å². The van der Waals surface area contributed by atoms with E-state index in [4.69, 9.17) is 0 Å². The molecule has 1 rings (SSSR count). The molecule has 6 heteroatoms. The Labute approximate surface area is 105 Å². The lowest BCUT2D eigenvalue weighted by atomic mass is 9.75. The van der Waals surface area contributed by atoms with E-state index in [1.165, 1.54) is 7.11 Å². The molecule has 0 heterocycles. The van der Waals surface area contributed by atoms with Gasteiger partial charge in [-0.05, 0) is 32.2 Å². The summed E-state index contributed by atoms with van der Waals surface area (Å²) < 4.78 is 43.1. The number of hydrogen-bond acceptors (Lipinski definition) is 3. The predicted octanol–water partition coefficient (Wildman–Crippen LogP) is 2.65. The zero-order valence-electron chi connectivity index (χ0n) is 10.8. The van der Waals surface area contributed by atoms with E-state index in [0.717, 1.165) is 6.42 Å². The summed E-state index contributed by atoms with van der Waals surface area (Å²) in [6.45, 7) is 2.42. The Bertz CT molecular complexity index is 294. The van der Waals surface area contributed by atoms with Gasteiger partial charge >= 0.3 is 12.1 Å². The number of nitrogens with one attached hydrogen (secondary N) is 1. The first-order valence-electron chi connectivity index (χ1n) is 6.26. The molecule has 0 bridgehead atoms. The summed E-state index contributed by atoms with van der Waals surface area (Å²) in [7, 11) is 1.22. The van der Waals surface area contributed by atoms with Gasteiger partial charge in [-0.3, -0.25) is 4.79 Å². The van der Waals surface area contributed by atoms with Crippen LogP contribution < -0.4 is 5.32 Å². The first kappa shape index (κ1) is 15.3. The van der Waals surface area contributed by atoms with Gasteiger partial charge in [0.2, 0.25) is 0 Å². The molecule has 0 aliphatic heterocycles. The normalized spacial score (nSPS) is 29.1. The smallest absolute Gasteiger partial charge is 0.391 e. The summed E-state index contributed by atoms with van der Waals surface area (Å²) in [5, 5.41) is 2.96. The third-order valence-electron chi connectivity index (χ3n) is 3.50. The van der Waals surface area contributed by atoms with E-state index in [-0.39, 0.29) is 12.8 Å². The van der Waals surface area contributed by atoms with Crippen LogP contribution in [-0.4, -0.2) is 31.3 Å². The molecule has 0 amide bonds. The van der Waals surface area contributed by atoms with Crippen molar-refractivity contribution in [3.8, 4) is 0 Å². The molecule has 2 atom stereocenters. The maximum atomic E-state index is 12.8. The summed E-state index contributed by atoms with van der Waals surface area (Å²) in [6.07, 6.45) is -2.81. The molecule has 0 radical (unpaired) electrons. The Hall–Kier alpha value is -0.780. The molecule has 0 aromatic heterocycles. The van der Waals surface area contributed by atoms with Gasteiger partial charge in [-0.2, -0.15) is 13.2 Å². The Morgan fingerprint density at radius 1 is 1.50 bits per heavy atom. The zero-order valence-corrected chi connectivity index (χ0v) is 10.8. The highest BCUT2D eigenvalue weighted by atomic mass is 19.4.